The number of anilines is 1. The van der Waals surface area contributed by atoms with Crippen LogP contribution in [0.1, 0.15) is 49.5 Å². The first-order valence-electron chi connectivity index (χ1n) is 8.00. The molecule has 0 aliphatic heterocycles. The molecule has 1 N–H and O–H groups in total. The molecule has 2 aromatic heterocycles. The Labute approximate surface area is 126 Å². The van der Waals surface area contributed by atoms with Gasteiger partial charge in [0.2, 0.25) is 5.95 Å². The van der Waals surface area contributed by atoms with Gasteiger partial charge in [0.15, 0.2) is 0 Å². The van der Waals surface area contributed by atoms with Gasteiger partial charge in [0.1, 0.15) is 0 Å². The van der Waals surface area contributed by atoms with Gasteiger partial charge in [0.25, 0.3) is 0 Å². The van der Waals surface area contributed by atoms with Crippen molar-refractivity contribution in [2.45, 2.75) is 51.5 Å². The number of nitrogens with zero attached hydrogens (tertiary/aromatic N) is 4. The van der Waals surface area contributed by atoms with E-state index in [0.29, 0.717) is 6.04 Å². The summed E-state index contributed by atoms with van der Waals surface area (Å²) in [5, 5.41) is 7.71. The molecule has 1 fully saturated rings. The summed E-state index contributed by atoms with van der Waals surface area (Å²) in [6, 6.07) is 2.69. The third-order valence-electron chi connectivity index (χ3n) is 4.41. The van der Waals surface area contributed by atoms with Crippen LogP contribution in [-0.4, -0.2) is 25.9 Å². The third-order valence-corrected chi connectivity index (χ3v) is 4.41. The number of rotatable bonds is 5. The molecular weight excluding hydrogens is 262 g/mol. The Hall–Kier alpha value is -1.78. The minimum absolute atomic E-state index is 0.624. The van der Waals surface area contributed by atoms with Gasteiger partial charge in [0.05, 0.1) is 5.69 Å². The molecule has 21 heavy (non-hydrogen) atoms. The van der Waals surface area contributed by atoms with Crippen molar-refractivity contribution < 1.29 is 0 Å². The second kappa shape index (κ2) is 6.33. The van der Waals surface area contributed by atoms with Gasteiger partial charge in [-0.3, -0.25) is 4.68 Å². The predicted octanol–water partition coefficient (Wildman–Crippen LogP) is 3.08. The van der Waals surface area contributed by atoms with Gasteiger partial charge in [-0.05, 0) is 25.8 Å². The summed E-state index contributed by atoms with van der Waals surface area (Å²) in [5.41, 5.74) is 2.35. The highest BCUT2D eigenvalue weighted by Gasteiger charge is 2.18. The fourth-order valence-electron chi connectivity index (χ4n) is 3.23. The molecule has 0 saturated heterocycles. The van der Waals surface area contributed by atoms with Crippen molar-refractivity contribution in [3.05, 3.63) is 29.8 Å². The lowest BCUT2D eigenvalue weighted by atomic mass is 9.95. The molecule has 0 aromatic carbocycles. The van der Waals surface area contributed by atoms with Crippen LogP contribution in [0.15, 0.2) is 18.5 Å². The van der Waals surface area contributed by atoms with E-state index in [1.807, 2.05) is 17.9 Å². The van der Waals surface area contributed by atoms with Gasteiger partial charge in [-0.15, -0.1) is 0 Å². The zero-order chi connectivity index (χ0) is 14.7. The molecule has 2 aromatic rings. The maximum absolute atomic E-state index is 4.66. The fourth-order valence-corrected chi connectivity index (χ4v) is 3.23. The van der Waals surface area contributed by atoms with Gasteiger partial charge >= 0.3 is 0 Å². The lowest BCUT2D eigenvalue weighted by Gasteiger charge is -2.24. The topological polar surface area (TPSA) is 47.7 Å². The second-order valence-electron chi connectivity index (χ2n) is 6.03. The fraction of sp³-hybridized carbons (Fsp3) is 0.625. The number of hydrogen-bond acceptors (Lipinski definition) is 3. The Morgan fingerprint density at radius 3 is 2.81 bits per heavy atom. The summed E-state index contributed by atoms with van der Waals surface area (Å²) in [7, 11) is 1.99. The van der Waals surface area contributed by atoms with Gasteiger partial charge in [-0.1, -0.05) is 19.3 Å². The quantitative estimate of drug-likeness (QED) is 0.919. The van der Waals surface area contributed by atoms with Gasteiger partial charge in [-0.2, -0.15) is 5.10 Å². The summed E-state index contributed by atoms with van der Waals surface area (Å²) in [4.78, 5) is 4.66. The van der Waals surface area contributed by atoms with Crippen LogP contribution in [0.5, 0.6) is 0 Å². The van der Waals surface area contributed by atoms with Gasteiger partial charge in [0, 0.05) is 44.1 Å². The van der Waals surface area contributed by atoms with Gasteiger partial charge in [-0.25, -0.2) is 4.98 Å². The van der Waals surface area contributed by atoms with E-state index in [-0.39, 0.29) is 0 Å². The van der Waals surface area contributed by atoms with Crippen molar-refractivity contribution in [3.63, 3.8) is 0 Å². The first kappa shape index (κ1) is 14.2. The van der Waals surface area contributed by atoms with E-state index in [1.165, 1.54) is 37.8 Å². The number of imidazole rings is 1. The highest BCUT2D eigenvalue weighted by Crippen LogP contribution is 2.30. The molecule has 1 aliphatic rings. The smallest absolute Gasteiger partial charge is 0.203 e. The normalized spacial score (nSPS) is 16.3. The van der Waals surface area contributed by atoms with Crippen LogP contribution in [0.4, 0.5) is 5.95 Å². The minimum Gasteiger partial charge on any atom is -0.355 e. The summed E-state index contributed by atoms with van der Waals surface area (Å²) in [6.45, 7) is 2.97. The summed E-state index contributed by atoms with van der Waals surface area (Å²) < 4.78 is 4.29. The highest BCUT2D eigenvalue weighted by atomic mass is 15.3. The molecule has 114 valence electrons. The van der Waals surface area contributed by atoms with Crippen molar-refractivity contribution in [1.82, 2.24) is 19.3 Å². The van der Waals surface area contributed by atoms with E-state index >= 15 is 0 Å². The summed E-state index contributed by atoms with van der Waals surface area (Å²) in [5.74, 6) is 1.03. The van der Waals surface area contributed by atoms with E-state index in [2.05, 4.69) is 39.2 Å². The molecule has 1 aliphatic carbocycles. The zero-order valence-electron chi connectivity index (χ0n) is 13.0. The molecular formula is C16H25N5. The Bertz CT molecular complexity index is 577. The van der Waals surface area contributed by atoms with E-state index in [1.54, 1.807) is 0 Å². The molecule has 0 bridgehead atoms. The van der Waals surface area contributed by atoms with Crippen LogP contribution in [0.25, 0.3) is 0 Å². The van der Waals surface area contributed by atoms with E-state index in [4.69, 9.17) is 0 Å². The van der Waals surface area contributed by atoms with Crippen LogP contribution in [0, 0.1) is 6.92 Å². The number of aryl methyl sites for hydroxylation is 2. The maximum Gasteiger partial charge on any atom is 0.203 e. The first-order chi connectivity index (χ1) is 10.2. The van der Waals surface area contributed by atoms with E-state index < -0.39 is 0 Å². The number of hydrogen-bond donors (Lipinski definition) is 1. The average Bonchev–Trinajstić information content (AvgIpc) is 3.06. The van der Waals surface area contributed by atoms with Crippen molar-refractivity contribution in [2.75, 3.05) is 11.9 Å². The van der Waals surface area contributed by atoms with Crippen LogP contribution >= 0.6 is 0 Å². The summed E-state index contributed by atoms with van der Waals surface area (Å²) >= 11 is 0. The molecule has 5 heteroatoms. The molecule has 0 amide bonds. The van der Waals surface area contributed by atoms with Crippen molar-refractivity contribution in [3.8, 4) is 0 Å². The van der Waals surface area contributed by atoms with E-state index in [0.717, 1.165) is 24.6 Å². The first-order valence-corrected chi connectivity index (χ1v) is 8.00. The van der Waals surface area contributed by atoms with Crippen LogP contribution in [-0.2, 0) is 13.5 Å². The lowest BCUT2D eigenvalue weighted by molar-refractivity contribution is 0.355. The Balaban J connectivity index is 1.63. The monoisotopic (exact) mass is 287 g/mol. The predicted molar refractivity (Wildman–Crippen MR) is 84.5 cm³/mol. The highest BCUT2D eigenvalue weighted by molar-refractivity contribution is 5.30. The summed E-state index contributed by atoms with van der Waals surface area (Å²) in [6.07, 6.45) is 11.6. The molecule has 0 unspecified atom stereocenters. The minimum atomic E-state index is 0.624. The van der Waals surface area contributed by atoms with Crippen molar-refractivity contribution in [2.24, 2.45) is 7.05 Å². The number of nitrogens with one attached hydrogen (secondary N) is 1. The Kier molecular flexibility index (Phi) is 4.27. The van der Waals surface area contributed by atoms with Gasteiger partial charge < -0.3 is 9.88 Å². The van der Waals surface area contributed by atoms with Crippen molar-refractivity contribution in [1.29, 1.82) is 0 Å². The lowest BCUT2D eigenvalue weighted by Crippen LogP contribution is -2.17. The van der Waals surface area contributed by atoms with Crippen LogP contribution < -0.4 is 5.32 Å². The molecule has 3 rings (SSSR count). The average molecular weight is 287 g/mol. The Morgan fingerprint density at radius 1 is 1.29 bits per heavy atom. The Morgan fingerprint density at radius 2 is 2.10 bits per heavy atom. The molecule has 0 atom stereocenters. The van der Waals surface area contributed by atoms with Crippen LogP contribution in [0.2, 0.25) is 0 Å². The molecule has 0 radical (unpaired) electrons. The second-order valence-corrected chi connectivity index (χ2v) is 6.03. The molecule has 5 nitrogen and oxygen atoms in total. The van der Waals surface area contributed by atoms with Crippen molar-refractivity contribution >= 4 is 5.95 Å². The van der Waals surface area contributed by atoms with E-state index in [9.17, 15) is 0 Å². The van der Waals surface area contributed by atoms with Crippen LogP contribution in [0.3, 0.4) is 0 Å². The maximum atomic E-state index is 4.66. The molecule has 0 spiro atoms. The SMILES string of the molecule is Cc1cn(C2CCCCC2)c(NCCc2ccnn2C)n1. The standard InChI is InChI=1S/C16H25N5/c1-13-12-21(15-6-4-3-5-7-15)16(19-13)17-10-8-14-9-11-18-20(14)2/h9,11-12,15H,3-8,10H2,1-2H3,(H,17,19). The molecule has 2 heterocycles. The zero-order valence-corrected chi connectivity index (χ0v) is 13.0. The number of aromatic nitrogens is 4. The largest absolute Gasteiger partial charge is 0.355 e. The third kappa shape index (κ3) is 3.28. The molecule has 1 saturated carbocycles.